The molecule has 7 nitrogen and oxygen atoms in total. The standard InChI is InChI=1S/C20H40N4O3/c1-16(15-24(7)19(25)27-20(2,3)4)14-22-18(21-5)23(6)11-8-17-9-12-26-13-10-17/h16-17H,8-15H2,1-7H3,(H,21,22). The fraction of sp³-hybridized carbons (Fsp3) is 0.900. The molecule has 0 aromatic carbocycles. The summed E-state index contributed by atoms with van der Waals surface area (Å²) in [5, 5.41) is 3.42. The second-order valence-electron chi connectivity index (χ2n) is 8.66. The first kappa shape index (κ1) is 23.5. The van der Waals surface area contributed by atoms with Crippen molar-refractivity contribution in [2.75, 3.05) is 54.0 Å². The van der Waals surface area contributed by atoms with Gasteiger partial charge in [-0.2, -0.15) is 0 Å². The van der Waals surface area contributed by atoms with Crippen LogP contribution in [0.25, 0.3) is 0 Å². The lowest BCUT2D eigenvalue weighted by atomic mass is 9.96. The molecular weight excluding hydrogens is 344 g/mol. The first-order chi connectivity index (χ1) is 12.6. The van der Waals surface area contributed by atoms with E-state index < -0.39 is 5.60 Å². The molecule has 1 aliphatic rings. The molecule has 1 atom stereocenters. The van der Waals surface area contributed by atoms with Crippen LogP contribution < -0.4 is 5.32 Å². The van der Waals surface area contributed by atoms with Crippen LogP contribution in [0.5, 0.6) is 0 Å². The fourth-order valence-electron chi connectivity index (χ4n) is 3.11. The van der Waals surface area contributed by atoms with Crippen molar-refractivity contribution in [3.63, 3.8) is 0 Å². The first-order valence-corrected chi connectivity index (χ1v) is 10.1. The van der Waals surface area contributed by atoms with E-state index in [9.17, 15) is 4.79 Å². The van der Waals surface area contributed by atoms with Gasteiger partial charge in [0.1, 0.15) is 5.60 Å². The number of carbonyl (C=O) groups is 1. The molecule has 1 fully saturated rings. The number of amides is 1. The molecule has 1 N–H and O–H groups in total. The fourth-order valence-corrected chi connectivity index (χ4v) is 3.11. The van der Waals surface area contributed by atoms with Gasteiger partial charge in [-0.05, 0) is 51.9 Å². The molecular formula is C20H40N4O3. The third-order valence-corrected chi connectivity index (χ3v) is 4.69. The Bertz CT molecular complexity index is 470. The summed E-state index contributed by atoms with van der Waals surface area (Å²) in [6.45, 7) is 11.9. The molecule has 1 amide bonds. The average Bonchev–Trinajstić information content (AvgIpc) is 2.59. The lowest BCUT2D eigenvalue weighted by Gasteiger charge is -2.28. The maximum atomic E-state index is 12.1. The van der Waals surface area contributed by atoms with Gasteiger partial charge in [-0.25, -0.2) is 4.79 Å². The van der Waals surface area contributed by atoms with Crippen LogP contribution in [-0.4, -0.2) is 81.4 Å². The predicted octanol–water partition coefficient (Wildman–Crippen LogP) is 2.81. The molecule has 0 aliphatic carbocycles. The Morgan fingerprint density at radius 2 is 1.89 bits per heavy atom. The molecule has 0 aromatic heterocycles. The van der Waals surface area contributed by atoms with Crippen molar-refractivity contribution >= 4 is 12.1 Å². The summed E-state index contributed by atoms with van der Waals surface area (Å²) in [6.07, 6.45) is 3.20. The van der Waals surface area contributed by atoms with E-state index >= 15 is 0 Å². The normalized spacial score (nSPS) is 17.4. The van der Waals surface area contributed by atoms with E-state index in [0.29, 0.717) is 6.54 Å². The summed E-state index contributed by atoms with van der Waals surface area (Å²) in [5.74, 6) is 1.93. The minimum atomic E-state index is -0.470. The van der Waals surface area contributed by atoms with Crippen LogP contribution in [0.4, 0.5) is 4.79 Å². The number of hydrogen-bond acceptors (Lipinski definition) is 4. The smallest absolute Gasteiger partial charge is 0.410 e. The minimum Gasteiger partial charge on any atom is -0.444 e. The quantitative estimate of drug-likeness (QED) is 0.540. The van der Waals surface area contributed by atoms with Gasteiger partial charge in [-0.3, -0.25) is 4.99 Å². The highest BCUT2D eigenvalue weighted by molar-refractivity contribution is 5.79. The molecule has 158 valence electrons. The van der Waals surface area contributed by atoms with E-state index in [1.807, 2.05) is 27.8 Å². The SMILES string of the molecule is CN=C(NCC(C)CN(C)C(=O)OC(C)(C)C)N(C)CCC1CCOCC1. The van der Waals surface area contributed by atoms with Crippen molar-refractivity contribution in [3.05, 3.63) is 0 Å². The monoisotopic (exact) mass is 384 g/mol. The number of nitrogens with zero attached hydrogens (tertiary/aromatic N) is 3. The number of rotatable bonds is 7. The molecule has 1 aliphatic heterocycles. The Balaban J connectivity index is 2.34. The van der Waals surface area contributed by atoms with E-state index in [2.05, 4.69) is 29.2 Å². The van der Waals surface area contributed by atoms with E-state index in [0.717, 1.165) is 57.4 Å². The first-order valence-electron chi connectivity index (χ1n) is 10.1. The third kappa shape index (κ3) is 9.84. The van der Waals surface area contributed by atoms with Gasteiger partial charge in [0.2, 0.25) is 0 Å². The van der Waals surface area contributed by atoms with Crippen LogP contribution in [0.1, 0.15) is 47.0 Å². The van der Waals surface area contributed by atoms with Crippen molar-refractivity contribution in [2.24, 2.45) is 16.8 Å². The van der Waals surface area contributed by atoms with E-state index in [1.165, 1.54) is 0 Å². The lowest BCUT2D eigenvalue weighted by molar-refractivity contribution is 0.0278. The van der Waals surface area contributed by atoms with Crippen molar-refractivity contribution in [1.29, 1.82) is 0 Å². The van der Waals surface area contributed by atoms with Gasteiger partial charge < -0.3 is 24.6 Å². The maximum Gasteiger partial charge on any atom is 0.410 e. The summed E-state index contributed by atoms with van der Waals surface area (Å²) in [7, 11) is 5.66. The van der Waals surface area contributed by atoms with Crippen molar-refractivity contribution < 1.29 is 14.3 Å². The Labute approximate surface area is 165 Å². The van der Waals surface area contributed by atoms with Crippen LogP contribution in [0.2, 0.25) is 0 Å². The zero-order chi connectivity index (χ0) is 20.4. The summed E-state index contributed by atoms with van der Waals surface area (Å²) in [5.41, 5.74) is -0.470. The van der Waals surface area contributed by atoms with Gasteiger partial charge in [0.25, 0.3) is 0 Å². The van der Waals surface area contributed by atoms with Crippen LogP contribution in [0, 0.1) is 11.8 Å². The minimum absolute atomic E-state index is 0.281. The second-order valence-corrected chi connectivity index (χ2v) is 8.66. The van der Waals surface area contributed by atoms with Crippen LogP contribution >= 0.6 is 0 Å². The number of ether oxygens (including phenoxy) is 2. The predicted molar refractivity (Wildman–Crippen MR) is 110 cm³/mol. The molecule has 7 heteroatoms. The maximum absolute atomic E-state index is 12.1. The number of aliphatic imine (C=N–C) groups is 1. The summed E-state index contributed by atoms with van der Waals surface area (Å²) >= 11 is 0. The molecule has 0 radical (unpaired) electrons. The molecule has 0 aromatic rings. The zero-order valence-electron chi connectivity index (χ0n) is 18.4. The zero-order valence-corrected chi connectivity index (χ0v) is 18.4. The second kappa shape index (κ2) is 11.4. The highest BCUT2D eigenvalue weighted by Crippen LogP contribution is 2.18. The summed E-state index contributed by atoms with van der Waals surface area (Å²) in [4.78, 5) is 20.3. The Morgan fingerprint density at radius 3 is 2.44 bits per heavy atom. The molecule has 0 bridgehead atoms. The highest BCUT2D eigenvalue weighted by atomic mass is 16.6. The van der Waals surface area contributed by atoms with Gasteiger partial charge >= 0.3 is 6.09 Å². The van der Waals surface area contributed by atoms with Crippen LogP contribution in [-0.2, 0) is 9.47 Å². The Morgan fingerprint density at radius 1 is 1.26 bits per heavy atom. The van der Waals surface area contributed by atoms with Crippen molar-refractivity contribution in [2.45, 2.75) is 52.6 Å². The molecule has 1 rings (SSSR count). The Hall–Kier alpha value is -1.50. The van der Waals surface area contributed by atoms with Gasteiger partial charge in [0, 0.05) is 54.0 Å². The van der Waals surface area contributed by atoms with Gasteiger partial charge in [0.15, 0.2) is 5.96 Å². The largest absolute Gasteiger partial charge is 0.444 e. The molecule has 27 heavy (non-hydrogen) atoms. The molecule has 1 unspecified atom stereocenters. The van der Waals surface area contributed by atoms with E-state index in [4.69, 9.17) is 9.47 Å². The molecule has 1 saturated heterocycles. The van der Waals surface area contributed by atoms with Crippen molar-refractivity contribution in [3.8, 4) is 0 Å². The van der Waals surface area contributed by atoms with Gasteiger partial charge in [-0.15, -0.1) is 0 Å². The highest BCUT2D eigenvalue weighted by Gasteiger charge is 2.21. The summed E-state index contributed by atoms with van der Waals surface area (Å²) in [6, 6.07) is 0. The number of hydrogen-bond donors (Lipinski definition) is 1. The van der Waals surface area contributed by atoms with E-state index in [-0.39, 0.29) is 12.0 Å². The van der Waals surface area contributed by atoms with Crippen molar-refractivity contribution in [1.82, 2.24) is 15.1 Å². The molecule has 0 spiro atoms. The molecule has 1 heterocycles. The lowest BCUT2D eigenvalue weighted by Crippen LogP contribution is -2.44. The van der Waals surface area contributed by atoms with Crippen LogP contribution in [0.15, 0.2) is 4.99 Å². The topological polar surface area (TPSA) is 66.4 Å². The number of guanidine groups is 1. The Kier molecular flexibility index (Phi) is 9.91. The number of nitrogens with one attached hydrogen (secondary N) is 1. The molecule has 0 saturated carbocycles. The van der Waals surface area contributed by atoms with Crippen LogP contribution in [0.3, 0.4) is 0 Å². The van der Waals surface area contributed by atoms with Gasteiger partial charge in [0.05, 0.1) is 0 Å². The average molecular weight is 385 g/mol. The number of carbonyl (C=O) groups excluding carboxylic acids is 1. The third-order valence-electron chi connectivity index (χ3n) is 4.69. The van der Waals surface area contributed by atoms with Gasteiger partial charge in [-0.1, -0.05) is 6.92 Å². The summed E-state index contributed by atoms with van der Waals surface area (Å²) < 4.78 is 10.8. The van der Waals surface area contributed by atoms with E-state index in [1.54, 1.807) is 11.9 Å².